The number of likely N-dealkylation sites (tertiary alicyclic amines) is 1. The maximum Gasteiger partial charge on any atom is 0.418 e. The average molecular weight is 468 g/mol. The zero-order chi connectivity index (χ0) is 24.3. The van der Waals surface area contributed by atoms with Crippen molar-refractivity contribution in [3.63, 3.8) is 0 Å². The van der Waals surface area contributed by atoms with Gasteiger partial charge in [-0.25, -0.2) is 0 Å². The van der Waals surface area contributed by atoms with E-state index in [9.17, 15) is 27.6 Å². The van der Waals surface area contributed by atoms with Crippen LogP contribution >= 0.6 is 0 Å². The molecule has 1 aliphatic carbocycles. The van der Waals surface area contributed by atoms with Crippen LogP contribution in [0.3, 0.4) is 0 Å². The summed E-state index contributed by atoms with van der Waals surface area (Å²) in [7, 11) is 0. The van der Waals surface area contributed by atoms with Crippen molar-refractivity contribution in [2.45, 2.75) is 58.7 Å². The minimum Gasteiger partial charge on any atom is -0.339 e. The van der Waals surface area contributed by atoms with Crippen LogP contribution in [0.25, 0.3) is 0 Å². The second-order valence-corrected chi connectivity index (χ2v) is 9.23. The number of halogens is 3. The fourth-order valence-corrected chi connectivity index (χ4v) is 5.02. The molecule has 4 unspecified atom stereocenters. The lowest BCUT2D eigenvalue weighted by Gasteiger charge is -2.40. The molecule has 0 aromatic heterocycles. The summed E-state index contributed by atoms with van der Waals surface area (Å²) >= 11 is 0. The highest BCUT2D eigenvalue weighted by Crippen LogP contribution is 2.36. The molecule has 0 bridgehead atoms. The number of benzene rings is 1. The molecule has 1 heterocycles. The first-order valence-corrected chi connectivity index (χ1v) is 11.6. The maximum absolute atomic E-state index is 13.2. The number of likely N-dealkylation sites (N-methyl/N-ethyl adjacent to an activating group) is 1. The smallest absolute Gasteiger partial charge is 0.339 e. The van der Waals surface area contributed by atoms with Crippen molar-refractivity contribution in [2.75, 3.05) is 25.0 Å². The highest BCUT2D eigenvalue weighted by atomic mass is 19.4. The Morgan fingerprint density at radius 2 is 1.88 bits per heavy atom. The molecule has 1 saturated carbocycles. The third-order valence-corrected chi connectivity index (χ3v) is 7.11. The van der Waals surface area contributed by atoms with Gasteiger partial charge < -0.3 is 15.1 Å². The molecular weight excluding hydrogens is 435 g/mol. The van der Waals surface area contributed by atoms with Crippen LogP contribution in [-0.4, -0.2) is 53.2 Å². The summed E-state index contributed by atoms with van der Waals surface area (Å²) in [6.07, 6.45) is -1.38. The summed E-state index contributed by atoms with van der Waals surface area (Å²) in [5.41, 5.74) is -1.29. The van der Waals surface area contributed by atoms with E-state index >= 15 is 0 Å². The van der Waals surface area contributed by atoms with Gasteiger partial charge in [-0.05, 0) is 37.3 Å². The number of rotatable bonds is 6. The van der Waals surface area contributed by atoms with Crippen LogP contribution < -0.4 is 5.32 Å². The lowest BCUT2D eigenvalue weighted by Crippen LogP contribution is -2.46. The lowest BCUT2D eigenvalue weighted by molar-refractivity contribution is -0.138. The predicted molar refractivity (Wildman–Crippen MR) is 118 cm³/mol. The Hall–Kier alpha value is -2.58. The SMILES string of the molecule is CCN(CC(=O)Nc1ccccc1C(F)(F)F)C(=O)C1CC(=O)N(C2CCCC(C)C2C)C1. The van der Waals surface area contributed by atoms with Crippen molar-refractivity contribution in [3.05, 3.63) is 29.8 Å². The van der Waals surface area contributed by atoms with Gasteiger partial charge >= 0.3 is 6.18 Å². The van der Waals surface area contributed by atoms with E-state index in [0.29, 0.717) is 18.4 Å². The number of anilines is 1. The van der Waals surface area contributed by atoms with Crippen molar-refractivity contribution < 1.29 is 27.6 Å². The Labute approximate surface area is 192 Å². The molecule has 9 heteroatoms. The molecule has 182 valence electrons. The summed E-state index contributed by atoms with van der Waals surface area (Å²) in [5.74, 6) is -0.738. The minimum atomic E-state index is -4.61. The number of carbonyl (C=O) groups excluding carboxylic acids is 3. The van der Waals surface area contributed by atoms with E-state index < -0.39 is 23.6 Å². The highest BCUT2D eigenvalue weighted by Gasteiger charge is 2.42. The van der Waals surface area contributed by atoms with Crippen molar-refractivity contribution in [2.24, 2.45) is 17.8 Å². The van der Waals surface area contributed by atoms with E-state index in [2.05, 4.69) is 19.2 Å². The first-order chi connectivity index (χ1) is 15.5. The van der Waals surface area contributed by atoms with Crippen LogP contribution in [0.5, 0.6) is 0 Å². The Morgan fingerprint density at radius 1 is 1.18 bits per heavy atom. The maximum atomic E-state index is 13.2. The quantitative estimate of drug-likeness (QED) is 0.683. The molecular formula is C24H32F3N3O3. The Morgan fingerprint density at radius 3 is 2.55 bits per heavy atom. The van der Waals surface area contributed by atoms with Gasteiger partial charge in [0.15, 0.2) is 0 Å². The molecule has 0 radical (unpaired) electrons. The van der Waals surface area contributed by atoms with E-state index in [4.69, 9.17) is 0 Å². The second-order valence-electron chi connectivity index (χ2n) is 9.23. The Balaban J connectivity index is 1.64. The molecule has 2 aliphatic rings. The molecule has 1 aliphatic heterocycles. The molecule has 6 nitrogen and oxygen atoms in total. The van der Waals surface area contributed by atoms with Gasteiger partial charge in [0.05, 0.1) is 23.7 Å². The van der Waals surface area contributed by atoms with Crippen LogP contribution in [0.15, 0.2) is 24.3 Å². The third kappa shape index (κ3) is 5.68. The Kier molecular flexibility index (Phi) is 7.69. The minimum absolute atomic E-state index is 0.0427. The number of carbonyl (C=O) groups is 3. The van der Waals surface area contributed by atoms with Crippen LogP contribution in [0.4, 0.5) is 18.9 Å². The van der Waals surface area contributed by atoms with Crippen molar-refractivity contribution >= 4 is 23.4 Å². The molecule has 0 spiro atoms. The lowest BCUT2D eigenvalue weighted by atomic mass is 9.77. The van der Waals surface area contributed by atoms with Crippen LogP contribution in [0.1, 0.15) is 52.0 Å². The molecule has 2 fully saturated rings. The van der Waals surface area contributed by atoms with E-state index in [-0.39, 0.29) is 43.1 Å². The molecule has 3 rings (SSSR count). The van der Waals surface area contributed by atoms with Gasteiger partial charge in [0.2, 0.25) is 17.7 Å². The topological polar surface area (TPSA) is 69.7 Å². The number of amides is 3. The van der Waals surface area contributed by atoms with E-state index in [1.54, 1.807) is 6.92 Å². The van der Waals surface area contributed by atoms with Crippen molar-refractivity contribution in [3.8, 4) is 0 Å². The van der Waals surface area contributed by atoms with E-state index in [0.717, 1.165) is 25.3 Å². The normalized spacial score (nSPS) is 25.8. The van der Waals surface area contributed by atoms with E-state index in [1.165, 1.54) is 23.1 Å². The number of hydrogen-bond donors (Lipinski definition) is 1. The Bertz CT molecular complexity index is 889. The fraction of sp³-hybridized carbons (Fsp3) is 0.625. The summed E-state index contributed by atoms with van der Waals surface area (Å²) in [4.78, 5) is 41.4. The summed E-state index contributed by atoms with van der Waals surface area (Å²) in [6.45, 7) is 6.22. The second kappa shape index (κ2) is 10.1. The van der Waals surface area contributed by atoms with Gasteiger partial charge in [-0.3, -0.25) is 14.4 Å². The number of para-hydroxylation sites is 1. The van der Waals surface area contributed by atoms with Gasteiger partial charge in [0, 0.05) is 25.6 Å². The largest absolute Gasteiger partial charge is 0.418 e. The van der Waals surface area contributed by atoms with Gasteiger partial charge in [0.1, 0.15) is 0 Å². The van der Waals surface area contributed by atoms with Crippen molar-refractivity contribution in [1.82, 2.24) is 9.80 Å². The standard InChI is InChI=1S/C24H32F3N3O3/c1-4-29(14-21(31)28-19-10-6-5-9-18(19)24(25,26)27)23(33)17-12-22(32)30(13-17)20-11-7-8-15(2)16(20)3/h5-6,9-10,15-17,20H,4,7-8,11-14H2,1-3H3,(H,28,31). The molecule has 33 heavy (non-hydrogen) atoms. The average Bonchev–Trinajstić information content (AvgIpc) is 3.14. The molecule has 3 amide bonds. The van der Waals surface area contributed by atoms with Gasteiger partial charge in [-0.15, -0.1) is 0 Å². The van der Waals surface area contributed by atoms with Crippen LogP contribution in [-0.2, 0) is 20.6 Å². The first-order valence-electron chi connectivity index (χ1n) is 11.6. The van der Waals surface area contributed by atoms with Gasteiger partial charge in [-0.1, -0.05) is 38.8 Å². The first kappa shape index (κ1) is 25.1. The number of nitrogens with one attached hydrogen (secondary N) is 1. The van der Waals surface area contributed by atoms with Crippen LogP contribution in [0.2, 0.25) is 0 Å². The van der Waals surface area contributed by atoms with Crippen LogP contribution in [0, 0.1) is 17.8 Å². The van der Waals surface area contributed by atoms with Crippen molar-refractivity contribution in [1.29, 1.82) is 0 Å². The predicted octanol–water partition coefficient (Wildman–Crippen LogP) is 4.17. The monoisotopic (exact) mass is 467 g/mol. The number of nitrogens with zero attached hydrogens (tertiary/aromatic N) is 2. The van der Waals surface area contributed by atoms with E-state index in [1.807, 2.05) is 4.90 Å². The zero-order valence-corrected chi connectivity index (χ0v) is 19.3. The molecule has 4 atom stereocenters. The summed E-state index contributed by atoms with van der Waals surface area (Å²) in [5, 5.41) is 2.28. The summed E-state index contributed by atoms with van der Waals surface area (Å²) in [6, 6.07) is 4.84. The fourth-order valence-electron chi connectivity index (χ4n) is 5.02. The molecule has 1 saturated heterocycles. The van der Waals surface area contributed by atoms with Gasteiger partial charge in [0.25, 0.3) is 0 Å². The molecule has 1 aromatic rings. The molecule has 1 aromatic carbocycles. The number of alkyl halides is 3. The third-order valence-electron chi connectivity index (χ3n) is 7.11. The zero-order valence-electron chi connectivity index (χ0n) is 19.3. The summed E-state index contributed by atoms with van der Waals surface area (Å²) < 4.78 is 39.6. The highest BCUT2D eigenvalue weighted by molar-refractivity contribution is 5.96. The molecule has 1 N–H and O–H groups in total. The number of hydrogen-bond acceptors (Lipinski definition) is 3. The van der Waals surface area contributed by atoms with Gasteiger partial charge in [-0.2, -0.15) is 13.2 Å².